The van der Waals surface area contributed by atoms with Crippen molar-refractivity contribution in [1.29, 1.82) is 0 Å². The van der Waals surface area contributed by atoms with E-state index in [1.807, 2.05) is 0 Å². The van der Waals surface area contributed by atoms with E-state index in [0.717, 1.165) is 17.4 Å². The number of hydrogen-bond acceptors (Lipinski definition) is 3. The summed E-state index contributed by atoms with van der Waals surface area (Å²) >= 11 is 0. The maximum Gasteiger partial charge on any atom is 0.170 e. The van der Waals surface area contributed by atoms with Gasteiger partial charge in [0, 0.05) is 18.2 Å². The summed E-state index contributed by atoms with van der Waals surface area (Å²) in [6, 6.07) is 4.97. The molecule has 2 aliphatic rings. The van der Waals surface area contributed by atoms with Gasteiger partial charge < -0.3 is 16.3 Å². The van der Waals surface area contributed by atoms with Crippen molar-refractivity contribution in [2.24, 2.45) is 22.7 Å². The highest BCUT2D eigenvalue weighted by Gasteiger charge is 2.39. The number of rotatable bonds is 4. The van der Waals surface area contributed by atoms with Crippen molar-refractivity contribution in [2.75, 3.05) is 0 Å². The number of oxime groups is 1. The van der Waals surface area contributed by atoms with E-state index < -0.39 is 0 Å². The molecule has 1 aromatic carbocycles. The molecule has 5 heteroatoms. The lowest BCUT2D eigenvalue weighted by Crippen LogP contribution is -2.34. The lowest BCUT2D eigenvalue weighted by atomic mass is 9.95. The predicted octanol–water partition coefficient (Wildman–Crippen LogP) is 2.20. The number of nitrogens with one attached hydrogen (secondary N) is 1. The summed E-state index contributed by atoms with van der Waals surface area (Å²) in [5.74, 6) is 1.24. The molecule has 2 aliphatic carbocycles. The van der Waals surface area contributed by atoms with E-state index >= 15 is 0 Å². The summed E-state index contributed by atoms with van der Waals surface area (Å²) in [5, 5.41) is 15.3. The Balaban J connectivity index is 1.71. The number of halogens is 1. The molecule has 1 aromatic rings. The molecule has 3 rings (SSSR count). The first-order valence-corrected chi connectivity index (χ1v) is 7.17. The van der Waals surface area contributed by atoms with Gasteiger partial charge in [0.2, 0.25) is 0 Å². The van der Waals surface area contributed by atoms with Gasteiger partial charge >= 0.3 is 0 Å². The number of amidine groups is 1. The average Bonchev–Trinajstić information content (AvgIpc) is 3.07. The standard InChI is InChI=1S/C15H20FN3O/c16-12-4-3-11(13(7-12)15(17)19-20)8-18-14-6-9-1-2-10(14)5-9/h3-4,7,9-10,14,18,20H,1-2,5-6,8H2,(H2,17,19). The maximum atomic E-state index is 13.3. The Morgan fingerprint density at radius 1 is 1.40 bits per heavy atom. The highest BCUT2D eigenvalue weighted by Crippen LogP contribution is 2.44. The molecular formula is C15H20FN3O. The Labute approximate surface area is 117 Å². The van der Waals surface area contributed by atoms with Gasteiger partial charge in [-0.05, 0) is 48.8 Å². The molecule has 4 nitrogen and oxygen atoms in total. The van der Waals surface area contributed by atoms with Crippen LogP contribution in [0.5, 0.6) is 0 Å². The fourth-order valence-corrected chi connectivity index (χ4v) is 3.73. The van der Waals surface area contributed by atoms with Crippen LogP contribution in [0.3, 0.4) is 0 Å². The molecule has 108 valence electrons. The summed E-state index contributed by atoms with van der Waals surface area (Å²) in [6.45, 7) is 0.625. The zero-order chi connectivity index (χ0) is 14.1. The molecule has 2 saturated carbocycles. The van der Waals surface area contributed by atoms with Crippen LogP contribution in [0, 0.1) is 17.7 Å². The lowest BCUT2D eigenvalue weighted by Gasteiger charge is -2.23. The first kappa shape index (κ1) is 13.4. The van der Waals surface area contributed by atoms with Gasteiger partial charge in [-0.1, -0.05) is 17.6 Å². The fraction of sp³-hybridized carbons (Fsp3) is 0.533. The quantitative estimate of drug-likeness (QED) is 0.342. The smallest absolute Gasteiger partial charge is 0.170 e. The SMILES string of the molecule is NC(=NO)c1cc(F)ccc1CNC1CC2CCC1C2. The van der Waals surface area contributed by atoms with Crippen molar-refractivity contribution in [3.63, 3.8) is 0 Å². The molecular weight excluding hydrogens is 257 g/mol. The minimum absolute atomic E-state index is 0.0470. The third-order valence-electron chi connectivity index (χ3n) is 4.75. The summed E-state index contributed by atoms with van der Waals surface area (Å²) in [5.41, 5.74) is 6.94. The highest BCUT2D eigenvalue weighted by atomic mass is 19.1. The molecule has 0 saturated heterocycles. The van der Waals surface area contributed by atoms with Gasteiger partial charge in [-0.3, -0.25) is 0 Å². The topological polar surface area (TPSA) is 70.6 Å². The van der Waals surface area contributed by atoms with Gasteiger partial charge in [0.25, 0.3) is 0 Å². The molecule has 20 heavy (non-hydrogen) atoms. The van der Waals surface area contributed by atoms with E-state index in [1.54, 1.807) is 6.07 Å². The first-order valence-electron chi connectivity index (χ1n) is 7.17. The normalized spacial score (nSPS) is 29.1. The second kappa shape index (κ2) is 5.40. The number of fused-ring (bicyclic) bond motifs is 2. The molecule has 2 bridgehead atoms. The second-order valence-electron chi connectivity index (χ2n) is 5.95. The van der Waals surface area contributed by atoms with E-state index in [4.69, 9.17) is 10.9 Å². The molecule has 4 N–H and O–H groups in total. The predicted molar refractivity (Wildman–Crippen MR) is 75.0 cm³/mol. The minimum atomic E-state index is -0.379. The van der Waals surface area contributed by atoms with Gasteiger partial charge in [0.1, 0.15) is 5.82 Å². The van der Waals surface area contributed by atoms with E-state index in [0.29, 0.717) is 18.2 Å². The summed E-state index contributed by atoms with van der Waals surface area (Å²) < 4.78 is 13.3. The van der Waals surface area contributed by atoms with E-state index in [9.17, 15) is 4.39 Å². The second-order valence-corrected chi connectivity index (χ2v) is 5.95. The number of hydrogen-bond donors (Lipinski definition) is 3. The van der Waals surface area contributed by atoms with E-state index in [2.05, 4.69) is 10.5 Å². The van der Waals surface area contributed by atoms with Crippen molar-refractivity contribution in [1.82, 2.24) is 5.32 Å². The largest absolute Gasteiger partial charge is 0.409 e. The molecule has 0 radical (unpaired) electrons. The van der Waals surface area contributed by atoms with Crippen LogP contribution in [-0.4, -0.2) is 17.1 Å². The van der Waals surface area contributed by atoms with Crippen LogP contribution in [0.15, 0.2) is 23.4 Å². The van der Waals surface area contributed by atoms with Gasteiger partial charge in [0.15, 0.2) is 5.84 Å². The third kappa shape index (κ3) is 2.50. The van der Waals surface area contributed by atoms with Gasteiger partial charge in [0.05, 0.1) is 0 Å². The van der Waals surface area contributed by atoms with Crippen LogP contribution in [0.2, 0.25) is 0 Å². The minimum Gasteiger partial charge on any atom is -0.409 e. The highest BCUT2D eigenvalue weighted by molar-refractivity contribution is 5.98. The molecule has 0 aromatic heterocycles. The molecule has 3 unspecified atom stereocenters. The van der Waals surface area contributed by atoms with Crippen molar-refractivity contribution in [3.8, 4) is 0 Å². The van der Waals surface area contributed by atoms with Crippen molar-refractivity contribution >= 4 is 5.84 Å². The maximum absolute atomic E-state index is 13.3. The van der Waals surface area contributed by atoms with Gasteiger partial charge in [-0.25, -0.2) is 4.39 Å². The summed E-state index contributed by atoms with van der Waals surface area (Å²) in [6.07, 6.45) is 5.27. The third-order valence-corrected chi connectivity index (χ3v) is 4.75. The van der Waals surface area contributed by atoms with Gasteiger partial charge in [-0.2, -0.15) is 0 Å². The molecule has 3 atom stereocenters. The molecule has 0 heterocycles. The first-order chi connectivity index (χ1) is 9.67. The molecule has 2 fully saturated rings. The van der Waals surface area contributed by atoms with Crippen molar-refractivity contribution in [3.05, 3.63) is 35.1 Å². The van der Waals surface area contributed by atoms with Crippen molar-refractivity contribution < 1.29 is 9.60 Å². The zero-order valence-corrected chi connectivity index (χ0v) is 11.3. The lowest BCUT2D eigenvalue weighted by molar-refractivity contribution is 0.318. The fourth-order valence-electron chi connectivity index (χ4n) is 3.73. The molecule has 0 spiro atoms. The van der Waals surface area contributed by atoms with Crippen molar-refractivity contribution in [2.45, 2.75) is 38.3 Å². The van der Waals surface area contributed by atoms with Gasteiger partial charge in [-0.15, -0.1) is 0 Å². The summed E-state index contributed by atoms with van der Waals surface area (Å²) in [4.78, 5) is 0. The number of nitrogens with two attached hydrogens (primary N) is 1. The Morgan fingerprint density at radius 3 is 2.90 bits per heavy atom. The van der Waals surface area contributed by atoms with Crippen LogP contribution < -0.4 is 11.1 Å². The van der Waals surface area contributed by atoms with E-state index in [1.165, 1.54) is 37.8 Å². The van der Waals surface area contributed by atoms with Crippen LogP contribution in [0.25, 0.3) is 0 Å². The van der Waals surface area contributed by atoms with Crippen LogP contribution >= 0.6 is 0 Å². The Hall–Kier alpha value is -1.62. The molecule has 0 aliphatic heterocycles. The number of nitrogens with zero attached hydrogens (tertiary/aromatic N) is 1. The van der Waals surface area contributed by atoms with Crippen LogP contribution in [0.1, 0.15) is 36.8 Å². The number of benzene rings is 1. The monoisotopic (exact) mass is 277 g/mol. The van der Waals surface area contributed by atoms with Crippen LogP contribution in [0.4, 0.5) is 4.39 Å². The summed E-state index contributed by atoms with van der Waals surface area (Å²) in [7, 11) is 0. The van der Waals surface area contributed by atoms with E-state index in [-0.39, 0.29) is 11.7 Å². The Morgan fingerprint density at radius 2 is 2.25 bits per heavy atom. The average molecular weight is 277 g/mol. The Kier molecular flexibility index (Phi) is 3.61. The Bertz CT molecular complexity index is 532. The zero-order valence-electron chi connectivity index (χ0n) is 11.3. The molecule has 0 amide bonds. The van der Waals surface area contributed by atoms with Crippen LogP contribution in [-0.2, 0) is 6.54 Å².